The van der Waals surface area contributed by atoms with E-state index in [-0.39, 0.29) is 36.2 Å². The normalized spacial score (nSPS) is 12.0. The highest BCUT2D eigenvalue weighted by molar-refractivity contribution is 7.89. The monoisotopic (exact) mass is 604 g/mol. The van der Waals surface area contributed by atoms with Crippen molar-refractivity contribution >= 4 is 33.4 Å². The number of sulfonamides is 1. The van der Waals surface area contributed by atoms with Crippen LogP contribution in [0.3, 0.4) is 0 Å². The van der Waals surface area contributed by atoms with Crippen molar-refractivity contribution in [3.8, 4) is 0 Å². The Morgan fingerprint density at radius 1 is 0.857 bits per heavy atom. The summed E-state index contributed by atoms with van der Waals surface area (Å²) in [6.45, 7) is 2.49. The molecule has 10 heteroatoms. The second-order valence-electron chi connectivity index (χ2n) is 9.68. The van der Waals surface area contributed by atoms with E-state index in [4.69, 9.17) is 11.6 Å². The summed E-state index contributed by atoms with van der Waals surface area (Å²) in [5, 5.41) is 3.56. The Balaban J connectivity index is 1.59. The molecule has 0 spiro atoms. The lowest BCUT2D eigenvalue weighted by Gasteiger charge is -2.32. The fourth-order valence-corrected chi connectivity index (χ4v) is 5.68. The van der Waals surface area contributed by atoms with Gasteiger partial charge in [-0.05, 0) is 65.1 Å². The molecular weight excluding hydrogens is 572 g/mol. The van der Waals surface area contributed by atoms with Gasteiger partial charge in [0.05, 0.1) is 4.90 Å². The third-order valence-corrected chi connectivity index (χ3v) is 8.49. The average Bonchev–Trinajstić information content (AvgIpc) is 3.01. The topological polar surface area (TPSA) is 108 Å². The number of benzene rings is 3. The number of halogens is 1. The first kappa shape index (κ1) is 30.9. The van der Waals surface area contributed by atoms with Crippen molar-refractivity contribution in [3.05, 3.63) is 131 Å². The maximum absolute atomic E-state index is 13.9. The van der Waals surface area contributed by atoms with E-state index in [1.54, 1.807) is 48.5 Å². The molecule has 3 aromatic carbocycles. The number of aromatic nitrogens is 1. The SMILES string of the molecule is CCNS(=O)(=O)c1ccc(CCC(=O)N(Cc2ccc(Cl)cc2)[C@@H](C(=O)NCc2ccncc2)c2ccccc2)cc1. The van der Waals surface area contributed by atoms with Crippen LogP contribution in [0, 0.1) is 0 Å². The fourth-order valence-electron chi connectivity index (χ4n) is 4.51. The minimum Gasteiger partial charge on any atom is -0.350 e. The Hall–Kier alpha value is -4.05. The van der Waals surface area contributed by atoms with Gasteiger partial charge in [0.2, 0.25) is 21.8 Å². The number of nitrogens with one attached hydrogen (secondary N) is 2. The van der Waals surface area contributed by atoms with E-state index in [2.05, 4.69) is 15.0 Å². The molecule has 0 saturated carbocycles. The van der Waals surface area contributed by atoms with Crippen molar-refractivity contribution < 1.29 is 18.0 Å². The van der Waals surface area contributed by atoms with Crippen molar-refractivity contribution in [1.29, 1.82) is 0 Å². The van der Waals surface area contributed by atoms with E-state index in [0.29, 0.717) is 23.6 Å². The zero-order valence-corrected chi connectivity index (χ0v) is 24.8. The maximum atomic E-state index is 13.9. The lowest BCUT2D eigenvalue weighted by atomic mass is 10.0. The predicted molar refractivity (Wildman–Crippen MR) is 163 cm³/mol. The Morgan fingerprint density at radius 2 is 1.50 bits per heavy atom. The van der Waals surface area contributed by atoms with Crippen LogP contribution in [-0.4, -0.2) is 36.7 Å². The van der Waals surface area contributed by atoms with Crippen molar-refractivity contribution in [2.45, 2.75) is 43.8 Å². The molecule has 4 rings (SSSR count). The third kappa shape index (κ3) is 8.48. The van der Waals surface area contributed by atoms with Gasteiger partial charge in [0, 0.05) is 43.5 Å². The number of aryl methyl sites for hydroxylation is 1. The van der Waals surface area contributed by atoms with Crippen LogP contribution in [0.5, 0.6) is 0 Å². The molecule has 1 atom stereocenters. The van der Waals surface area contributed by atoms with Crippen LogP contribution in [0.4, 0.5) is 0 Å². The Bertz CT molecular complexity index is 1570. The van der Waals surface area contributed by atoms with Gasteiger partial charge in [-0.1, -0.05) is 73.1 Å². The number of carbonyl (C=O) groups is 2. The molecule has 0 aliphatic heterocycles. The highest BCUT2D eigenvalue weighted by Crippen LogP contribution is 2.26. The lowest BCUT2D eigenvalue weighted by Crippen LogP contribution is -2.43. The number of pyridine rings is 1. The molecule has 2 amide bonds. The van der Waals surface area contributed by atoms with Crippen molar-refractivity contribution in [2.75, 3.05) is 6.54 Å². The standard InChI is InChI=1S/C32H33ClN4O4S/c1-2-36-42(40,41)29-15-10-24(11-16-29)12-17-30(38)37(23-26-8-13-28(33)14-9-26)31(27-6-4-3-5-7-27)32(39)35-22-25-18-20-34-21-19-25/h3-11,13-16,18-21,31,36H,2,12,17,22-23H2,1H3,(H,35,39)/t31-/m1/s1. The largest absolute Gasteiger partial charge is 0.350 e. The molecule has 0 aliphatic rings. The number of hydrogen-bond donors (Lipinski definition) is 2. The Kier molecular flexibility index (Phi) is 10.8. The molecule has 1 aromatic heterocycles. The van der Waals surface area contributed by atoms with Gasteiger partial charge in [-0.3, -0.25) is 14.6 Å². The van der Waals surface area contributed by atoms with Crippen LogP contribution >= 0.6 is 11.6 Å². The van der Waals surface area contributed by atoms with E-state index in [9.17, 15) is 18.0 Å². The van der Waals surface area contributed by atoms with E-state index in [0.717, 1.165) is 16.7 Å². The number of amides is 2. The quantitative estimate of drug-likeness (QED) is 0.222. The minimum atomic E-state index is -3.57. The van der Waals surface area contributed by atoms with Crippen LogP contribution < -0.4 is 10.0 Å². The van der Waals surface area contributed by atoms with Gasteiger partial charge in [-0.25, -0.2) is 13.1 Å². The van der Waals surface area contributed by atoms with Gasteiger partial charge in [0.15, 0.2) is 0 Å². The molecule has 4 aromatic rings. The first-order chi connectivity index (χ1) is 20.3. The summed E-state index contributed by atoms with van der Waals surface area (Å²) in [7, 11) is -3.57. The number of rotatable bonds is 13. The first-order valence-corrected chi connectivity index (χ1v) is 15.5. The molecule has 8 nitrogen and oxygen atoms in total. The van der Waals surface area contributed by atoms with E-state index >= 15 is 0 Å². The van der Waals surface area contributed by atoms with Gasteiger partial charge in [-0.15, -0.1) is 0 Å². The molecule has 0 bridgehead atoms. The molecule has 0 unspecified atom stereocenters. The summed E-state index contributed by atoms with van der Waals surface area (Å²) in [5.74, 6) is -0.527. The van der Waals surface area contributed by atoms with Gasteiger partial charge in [-0.2, -0.15) is 0 Å². The van der Waals surface area contributed by atoms with Gasteiger partial charge in [0.1, 0.15) is 6.04 Å². The maximum Gasteiger partial charge on any atom is 0.247 e. The summed E-state index contributed by atoms with van der Waals surface area (Å²) in [4.78, 5) is 33.4. The molecule has 2 N–H and O–H groups in total. The number of hydrogen-bond acceptors (Lipinski definition) is 5. The molecule has 0 fully saturated rings. The smallest absolute Gasteiger partial charge is 0.247 e. The second-order valence-corrected chi connectivity index (χ2v) is 11.9. The average molecular weight is 605 g/mol. The summed E-state index contributed by atoms with van der Waals surface area (Å²) in [5.41, 5.74) is 3.21. The molecule has 0 aliphatic carbocycles. The molecule has 0 saturated heterocycles. The molecule has 218 valence electrons. The predicted octanol–water partition coefficient (Wildman–Crippen LogP) is 5.05. The van der Waals surface area contributed by atoms with Crippen LogP contribution in [0.15, 0.2) is 108 Å². The molecular formula is C32H33ClN4O4S. The van der Waals surface area contributed by atoms with Gasteiger partial charge < -0.3 is 10.2 Å². The molecule has 0 radical (unpaired) electrons. The van der Waals surface area contributed by atoms with Crippen molar-refractivity contribution in [2.24, 2.45) is 0 Å². The summed E-state index contributed by atoms with van der Waals surface area (Å²) < 4.78 is 27.1. The first-order valence-electron chi connectivity index (χ1n) is 13.6. The Labute approximate surface area is 251 Å². The van der Waals surface area contributed by atoms with E-state index in [1.165, 1.54) is 12.1 Å². The number of carbonyl (C=O) groups excluding carboxylic acids is 2. The Morgan fingerprint density at radius 3 is 2.14 bits per heavy atom. The number of nitrogens with zero attached hydrogens (tertiary/aromatic N) is 2. The summed E-state index contributed by atoms with van der Waals surface area (Å²) in [6.07, 6.45) is 3.81. The highest BCUT2D eigenvalue weighted by Gasteiger charge is 2.31. The highest BCUT2D eigenvalue weighted by atomic mass is 35.5. The van der Waals surface area contributed by atoms with Crippen LogP contribution in [0.1, 0.15) is 41.6 Å². The van der Waals surface area contributed by atoms with Crippen LogP contribution in [0.2, 0.25) is 5.02 Å². The zero-order chi connectivity index (χ0) is 30.0. The minimum absolute atomic E-state index is 0.119. The molecule has 1 heterocycles. The van der Waals surface area contributed by atoms with Gasteiger partial charge in [0.25, 0.3) is 0 Å². The fraction of sp³-hybridized carbons (Fsp3) is 0.219. The molecule has 42 heavy (non-hydrogen) atoms. The van der Waals surface area contributed by atoms with Crippen LogP contribution in [0.25, 0.3) is 0 Å². The zero-order valence-electron chi connectivity index (χ0n) is 23.2. The van der Waals surface area contributed by atoms with Gasteiger partial charge >= 0.3 is 0 Å². The van der Waals surface area contributed by atoms with Crippen molar-refractivity contribution in [1.82, 2.24) is 19.9 Å². The third-order valence-electron chi connectivity index (χ3n) is 6.67. The van der Waals surface area contributed by atoms with E-state index < -0.39 is 16.1 Å². The second kappa shape index (κ2) is 14.7. The van der Waals surface area contributed by atoms with Crippen molar-refractivity contribution in [3.63, 3.8) is 0 Å². The summed E-state index contributed by atoms with van der Waals surface area (Å²) in [6, 6.07) is 25.6. The van der Waals surface area contributed by atoms with E-state index in [1.807, 2.05) is 54.6 Å². The summed E-state index contributed by atoms with van der Waals surface area (Å²) >= 11 is 6.10. The van der Waals surface area contributed by atoms with Crippen LogP contribution in [-0.2, 0) is 39.1 Å². The lowest BCUT2D eigenvalue weighted by molar-refractivity contribution is -0.141.